The van der Waals surface area contributed by atoms with Crippen molar-refractivity contribution >= 4 is 28.9 Å². The normalized spacial score (nSPS) is 12.9. The molecule has 0 saturated carbocycles. The Kier molecular flexibility index (Phi) is 4.90. The van der Waals surface area contributed by atoms with Crippen LogP contribution in [-0.2, 0) is 0 Å². The van der Waals surface area contributed by atoms with E-state index in [1.807, 2.05) is 24.1 Å². The number of hydrogen-bond acceptors (Lipinski definition) is 2. The minimum atomic E-state index is 0.0808. The summed E-state index contributed by atoms with van der Waals surface area (Å²) >= 11 is 11.8. The van der Waals surface area contributed by atoms with E-state index in [4.69, 9.17) is 23.2 Å². The van der Waals surface area contributed by atoms with Crippen LogP contribution in [0.4, 0.5) is 5.69 Å². The Balaban J connectivity index is 2.94. The van der Waals surface area contributed by atoms with E-state index in [9.17, 15) is 5.11 Å². The standard InChI is InChI=1S/C12H17Cl2NO/c1-8(2)12(7-16)15(3)9-4-5-10(13)11(14)6-9/h4-6,8,12,16H,7H2,1-3H3. The van der Waals surface area contributed by atoms with Crippen LogP contribution in [0, 0.1) is 5.92 Å². The van der Waals surface area contributed by atoms with Gasteiger partial charge in [-0.3, -0.25) is 0 Å². The first-order chi connectivity index (χ1) is 7.47. The molecule has 0 heterocycles. The summed E-state index contributed by atoms with van der Waals surface area (Å²) in [6.07, 6.45) is 0. The van der Waals surface area contributed by atoms with E-state index >= 15 is 0 Å². The van der Waals surface area contributed by atoms with Gasteiger partial charge in [0.2, 0.25) is 0 Å². The van der Waals surface area contributed by atoms with E-state index in [0.29, 0.717) is 16.0 Å². The summed E-state index contributed by atoms with van der Waals surface area (Å²) in [7, 11) is 1.94. The minimum Gasteiger partial charge on any atom is -0.394 e. The third-order valence-electron chi connectivity index (χ3n) is 2.76. The van der Waals surface area contributed by atoms with Crippen molar-refractivity contribution in [2.45, 2.75) is 19.9 Å². The highest BCUT2D eigenvalue weighted by atomic mass is 35.5. The molecule has 0 amide bonds. The Morgan fingerprint density at radius 3 is 2.31 bits per heavy atom. The summed E-state index contributed by atoms with van der Waals surface area (Å²) in [5.74, 6) is 0.365. The molecule has 0 fully saturated rings. The van der Waals surface area contributed by atoms with Crippen molar-refractivity contribution < 1.29 is 5.11 Å². The molecule has 0 aliphatic heterocycles. The van der Waals surface area contributed by atoms with Crippen molar-refractivity contribution in [1.82, 2.24) is 0 Å². The fraction of sp³-hybridized carbons (Fsp3) is 0.500. The molecule has 0 aliphatic carbocycles. The summed E-state index contributed by atoms with van der Waals surface area (Å²) in [6, 6.07) is 5.57. The van der Waals surface area contributed by atoms with Crippen LogP contribution in [0.1, 0.15) is 13.8 Å². The smallest absolute Gasteiger partial charge is 0.0637 e. The molecule has 0 aliphatic rings. The predicted octanol–water partition coefficient (Wildman–Crippen LogP) is 3.45. The van der Waals surface area contributed by atoms with E-state index in [-0.39, 0.29) is 12.6 Å². The Labute approximate surface area is 107 Å². The molecular weight excluding hydrogens is 245 g/mol. The molecule has 0 aromatic heterocycles. The Morgan fingerprint density at radius 1 is 1.25 bits per heavy atom. The van der Waals surface area contributed by atoms with E-state index in [0.717, 1.165) is 5.69 Å². The van der Waals surface area contributed by atoms with Gasteiger partial charge in [-0.1, -0.05) is 37.0 Å². The fourth-order valence-corrected chi connectivity index (χ4v) is 1.97. The first kappa shape index (κ1) is 13.6. The number of aliphatic hydroxyl groups is 1. The number of halogens is 2. The quantitative estimate of drug-likeness (QED) is 0.898. The molecule has 4 heteroatoms. The largest absolute Gasteiger partial charge is 0.394 e. The number of likely N-dealkylation sites (N-methyl/N-ethyl adjacent to an activating group) is 1. The van der Waals surface area contributed by atoms with Crippen LogP contribution in [0.2, 0.25) is 10.0 Å². The number of rotatable bonds is 4. The van der Waals surface area contributed by atoms with E-state index in [1.54, 1.807) is 6.07 Å². The average Bonchev–Trinajstić information content (AvgIpc) is 2.22. The molecule has 0 spiro atoms. The first-order valence-electron chi connectivity index (χ1n) is 5.26. The van der Waals surface area contributed by atoms with Crippen LogP contribution in [0.15, 0.2) is 18.2 Å². The topological polar surface area (TPSA) is 23.5 Å². The SMILES string of the molecule is CC(C)C(CO)N(C)c1ccc(Cl)c(Cl)c1. The Hall–Kier alpha value is -0.440. The fourth-order valence-electron chi connectivity index (χ4n) is 1.68. The predicted molar refractivity (Wildman–Crippen MR) is 70.6 cm³/mol. The lowest BCUT2D eigenvalue weighted by atomic mass is 10.0. The van der Waals surface area contributed by atoms with Gasteiger partial charge in [0.25, 0.3) is 0 Å². The lowest BCUT2D eigenvalue weighted by Crippen LogP contribution is -2.38. The van der Waals surface area contributed by atoms with E-state index in [1.165, 1.54) is 0 Å². The number of aliphatic hydroxyl groups excluding tert-OH is 1. The number of benzene rings is 1. The molecule has 0 bridgehead atoms. The van der Waals surface area contributed by atoms with Crippen LogP contribution in [0.25, 0.3) is 0 Å². The van der Waals surface area contributed by atoms with Gasteiger partial charge in [0, 0.05) is 12.7 Å². The highest BCUT2D eigenvalue weighted by Crippen LogP contribution is 2.28. The van der Waals surface area contributed by atoms with Gasteiger partial charge in [-0.2, -0.15) is 0 Å². The van der Waals surface area contributed by atoms with Crippen molar-refractivity contribution in [1.29, 1.82) is 0 Å². The van der Waals surface area contributed by atoms with E-state index < -0.39 is 0 Å². The Morgan fingerprint density at radius 2 is 1.88 bits per heavy atom. The van der Waals surface area contributed by atoms with E-state index in [2.05, 4.69) is 13.8 Å². The zero-order valence-corrected chi connectivity index (χ0v) is 11.3. The molecule has 1 atom stereocenters. The zero-order chi connectivity index (χ0) is 12.3. The van der Waals surface area contributed by atoms with Gasteiger partial charge in [-0.25, -0.2) is 0 Å². The molecule has 1 aromatic carbocycles. The second-order valence-corrected chi connectivity index (χ2v) is 5.02. The van der Waals surface area contributed by atoms with Crippen LogP contribution >= 0.6 is 23.2 Å². The van der Waals surface area contributed by atoms with Gasteiger partial charge < -0.3 is 10.0 Å². The van der Waals surface area contributed by atoms with Crippen LogP contribution in [0.3, 0.4) is 0 Å². The van der Waals surface area contributed by atoms with Crippen molar-refractivity contribution in [2.24, 2.45) is 5.92 Å². The van der Waals surface area contributed by atoms with Gasteiger partial charge in [0.05, 0.1) is 22.7 Å². The molecule has 90 valence electrons. The monoisotopic (exact) mass is 261 g/mol. The molecule has 16 heavy (non-hydrogen) atoms. The van der Waals surface area contributed by atoms with Crippen LogP contribution in [0.5, 0.6) is 0 Å². The molecule has 0 saturated heterocycles. The minimum absolute atomic E-state index is 0.0808. The Bertz CT molecular complexity index is 355. The maximum absolute atomic E-state index is 9.35. The number of nitrogens with zero attached hydrogens (tertiary/aromatic N) is 1. The molecule has 1 unspecified atom stereocenters. The summed E-state index contributed by atoms with van der Waals surface area (Å²) in [4.78, 5) is 2.02. The maximum atomic E-state index is 9.35. The molecule has 0 radical (unpaired) electrons. The molecule has 2 nitrogen and oxygen atoms in total. The van der Waals surface area contributed by atoms with Crippen LogP contribution in [-0.4, -0.2) is 24.8 Å². The maximum Gasteiger partial charge on any atom is 0.0637 e. The summed E-state index contributed by atoms with van der Waals surface area (Å²) < 4.78 is 0. The second kappa shape index (κ2) is 5.76. The lowest BCUT2D eigenvalue weighted by molar-refractivity contribution is 0.234. The zero-order valence-electron chi connectivity index (χ0n) is 9.74. The number of anilines is 1. The van der Waals surface area contributed by atoms with Gasteiger partial charge >= 0.3 is 0 Å². The average molecular weight is 262 g/mol. The highest BCUT2D eigenvalue weighted by molar-refractivity contribution is 6.42. The highest BCUT2D eigenvalue weighted by Gasteiger charge is 2.18. The summed E-state index contributed by atoms with van der Waals surface area (Å²) in [5.41, 5.74) is 0.960. The van der Waals surface area contributed by atoms with Gasteiger partial charge in [0.15, 0.2) is 0 Å². The van der Waals surface area contributed by atoms with Crippen molar-refractivity contribution in [3.63, 3.8) is 0 Å². The van der Waals surface area contributed by atoms with Crippen LogP contribution < -0.4 is 4.90 Å². The van der Waals surface area contributed by atoms with Gasteiger partial charge in [-0.15, -0.1) is 0 Å². The molecule has 1 N–H and O–H groups in total. The van der Waals surface area contributed by atoms with Crippen molar-refractivity contribution in [2.75, 3.05) is 18.6 Å². The summed E-state index contributed by atoms with van der Waals surface area (Å²) in [6.45, 7) is 4.28. The second-order valence-electron chi connectivity index (χ2n) is 4.20. The third-order valence-corrected chi connectivity index (χ3v) is 3.50. The van der Waals surface area contributed by atoms with Gasteiger partial charge in [-0.05, 0) is 24.1 Å². The third kappa shape index (κ3) is 3.03. The summed E-state index contributed by atoms with van der Waals surface area (Å²) in [5, 5.41) is 10.4. The van der Waals surface area contributed by atoms with Crippen molar-refractivity contribution in [3.8, 4) is 0 Å². The molecule has 1 aromatic rings. The molecule has 1 rings (SSSR count). The lowest BCUT2D eigenvalue weighted by Gasteiger charge is -2.31. The number of hydrogen-bond donors (Lipinski definition) is 1. The van der Waals surface area contributed by atoms with Gasteiger partial charge in [0.1, 0.15) is 0 Å². The van der Waals surface area contributed by atoms with Crippen molar-refractivity contribution in [3.05, 3.63) is 28.2 Å². The molecular formula is C12H17Cl2NO. The first-order valence-corrected chi connectivity index (χ1v) is 6.01.